The summed E-state index contributed by atoms with van der Waals surface area (Å²) >= 11 is 0. The van der Waals surface area contributed by atoms with Gasteiger partial charge in [-0.05, 0) is 35.9 Å². The molecular weight excluding hydrogens is 509 g/mol. The van der Waals surface area contributed by atoms with E-state index >= 15 is 8.78 Å². The molecule has 0 aliphatic rings. The Morgan fingerprint density at radius 3 is 2.22 bits per heavy atom. The van der Waals surface area contributed by atoms with Crippen LogP contribution in [0.15, 0.2) is 70.9 Å². The molecule has 0 amide bonds. The number of hydrogen-bond donors (Lipinski definition) is 2. The zero-order valence-electron chi connectivity index (χ0n) is 18.8. The van der Waals surface area contributed by atoms with Gasteiger partial charge in [-0.25, -0.2) is 8.78 Å². The van der Waals surface area contributed by atoms with Gasteiger partial charge in [0.1, 0.15) is 29.4 Å². The van der Waals surface area contributed by atoms with E-state index in [4.69, 9.17) is 0 Å². The van der Waals surface area contributed by atoms with Crippen LogP contribution in [0.1, 0.15) is 11.3 Å². The van der Waals surface area contributed by atoms with Crippen LogP contribution in [0.4, 0.5) is 30.7 Å². The van der Waals surface area contributed by atoms with E-state index in [1.165, 1.54) is 30.3 Å². The van der Waals surface area contributed by atoms with E-state index in [1.54, 1.807) is 0 Å². The van der Waals surface area contributed by atoms with Gasteiger partial charge in [-0.3, -0.25) is 15.4 Å². The van der Waals surface area contributed by atoms with Crippen LogP contribution in [-0.2, 0) is 11.5 Å². The van der Waals surface area contributed by atoms with Gasteiger partial charge < -0.3 is 9.84 Å². The van der Waals surface area contributed by atoms with Crippen molar-refractivity contribution in [1.29, 1.82) is 0 Å². The summed E-state index contributed by atoms with van der Waals surface area (Å²) in [4.78, 5) is 7.32. The molecule has 3 aromatic rings. The first kappa shape index (κ1) is 27.6. The molecule has 0 unspecified atom stereocenters. The van der Waals surface area contributed by atoms with Gasteiger partial charge in [-0.2, -0.15) is 27.1 Å². The molecule has 13 heteroatoms. The van der Waals surface area contributed by atoms with Crippen molar-refractivity contribution >= 4 is 13.1 Å². The number of aliphatic hydroxyl groups is 1. The summed E-state index contributed by atoms with van der Waals surface area (Å²) in [7, 11) is 0. The minimum atomic E-state index is -4.51. The number of aromatic nitrogens is 1. The molecule has 1 atom stereocenters. The number of benzene rings is 2. The van der Waals surface area contributed by atoms with Crippen molar-refractivity contribution in [2.24, 2.45) is 10.1 Å². The standard InChI is InChI=1S/C24H19F7N4O2/c1-32-35-14-33-12-22(36,19-8-5-17(25)10-20(19)26)24(30,31)21-9-4-16(11-34-21)15-2-6-18(7-3-15)37-13-23(27,28)29/h2-11,14,36H,1,12-13H2,(H,33,35)/t22-/m0/s1. The Labute approximate surface area is 206 Å². The average molecular weight is 528 g/mol. The SMILES string of the molecule is C=NNC=NC[C@](O)(c1ccc(F)cc1F)C(F)(F)c1ccc(-c2ccc(OCC(F)(F)F)cc2)cn1. The molecule has 0 aliphatic carbocycles. The lowest BCUT2D eigenvalue weighted by molar-refractivity contribution is -0.193. The van der Waals surface area contributed by atoms with E-state index in [9.17, 15) is 27.1 Å². The molecule has 3 rings (SSSR count). The monoisotopic (exact) mass is 528 g/mol. The van der Waals surface area contributed by atoms with Gasteiger partial charge in [0.15, 0.2) is 12.2 Å². The molecular formula is C24H19F7N4O2. The number of halogens is 7. The number of alkyl halides is 5. The maximum atomic E-state index is 15.6. The Balaban J connectivity index is 1.91. The Kier molecular flexibility index (Phi) is 8.16. The first-order valence-corrected chi connectivity index (χ1v) is 10.4. The highest BCUT2D eigenvalue weighted by Gasteiger charge is 2.57. The van der Waals surface area contributed by atoms with Crippen LogP contribution in [0, 0.1) is 11.6 Å². The molecule has 0 fully saturated rings. The van der Waals surface area contributed by atoms with Crippen LogP contribution in [0.3, 0.4) is 0 Å². The number of nitrogens with one attached hydrogen (secondary N) is 1. The van der Waals surface area contributed by atoms with Crippen LogP contribution in [0.25, 0.3) is 11.1 Å². The molecule has 1 heterocycles. The molecule has 0 aliphatic heterocycles. The summed E-state index contributed by atoms with van der Waals surface area (Å²) in [5, 5.41) is 14.3. The largest absolute Gasteiger partial charge is 0.484 e. The fraction of sp³-hybridized carbons (Fsp3) is 0.208. The summed E-state index contributed by atoms with van der Waals surface area (Å²) < 4.78 is 101. The molecule has 0 saturated heterocycles. The third kappa shape index (κ3) is 6.42. The minimum Gasteiger partial charge on any atom is -0.484 e. The fourth-order valence-electron chi connectivity index (χ4n) is 3.31. The van der Waals surface area contributed by atoms with Crippen molar-refractivity contribution in [2.75, 3.05) is 13.2 Å². The third-order valence-corrected chi connectivity index (χ3v) is 5.13. The average Bonchev–Trinajstić information content (AvgIpc) is 2.85. The van der Waals surface area contributed by atoms with Crippen LogP contribution in [-0.4, -0.2) is 42.5 Å². The van der Waals surface area contributed by atoms with Gasteiger partial charge >= 0.3 is 12.1 Å². The second-order valence-corrected chi connectivity index (χ2v) is 7.68. The second kappa shape index (κ2) is 10.9. The predicted octanol–water partition coefficient (Wildman–Crippen LogP) is 5.18. The van der Waals surface area contributed by atoms with Crippen molar-refractivity contribution < 1.29 is 40.6 Å². The topological polar surface area (TPSA) is 79.1 Å². The van der Waals surface area contributed by atoms with E-state index in [2.05, 4.69) is 32.0 Å². The van der Waals surface area contributed by atoms with Crippen LogP contribution in [0.2, 0.25) is 0 Å². The van der Waals surface area contributed by atoms with E-state index in [0.717, 1.165) is 18.6 Å². The maximum absolute atomic E-state index is 15.6. The van der Waals surface area contributed by atoms with Gasteiger partial charge in [0.25, 0.3) is 0 Å². The summed E-state index contributed by atoms with van der Waals surface area (Å²) in [5.41, 5.74) is -2.24. The van der Waals surface area contributed by atoms with E-state index in [0.29, 0.717) is 29.3 Å². The highest BCUT2D eigenvalue weighted by atomic mass is 19.4. The molecule has 2 N–H and O–H groups in total. The van der Waals surface area contributed by atoms with Crippen molar-refractivity contribution in [3.05, 3.63) is 83.7 Å². The van der Waals surface area contributed by atoms with Crippen LogP contribution >= 0.6 is 0 Å². The summed E-state index contributed by atoms with van der Waals surface area (Å²) in [6.45, 7) is 0.569. The highest BCUT2D eigenvalue weighted by molar-refractivity contribution is 5.63. The normalized spacial score (nSPS) is 13.8. The molecule has 2 aromatic carbocycles. The lowest BCUT2D eigenvalue weighted by Gasteiger charge is -2.35. The van der Waals surface area contributed by atoms with Gasteiger partial charge in [0, 0.05) is 30.1 Å². The first-order valence-electron chi connectivity index (χ1n) is 10.4. The second-order valence-electron chi connectivity index (χ2n) is 7.68. The van der Waals surface area contributed by atoms with Gasteiger partial charge in [-0.1, -0.05) is 18.2 Å². The number of pyridine rings is 1. The Morgan fingerprint density at radius 1 is 0.973 bits per heavy atom. The lowest BCUT2D eigenvalue weighted by Crippen LogP contribution is -2.47. The summed E-state index contributed by atoms with van der Waals surface area (Å²) in [5.74, 6) is -6.73. The molecule has 6 nitrogen and oxygen atoms in total. The molecule has 37 heavy (non-hydrogen) atoms. The molecule has 0 radical (unpaired) electrons. The zero-order chi connectivity index (χ0) is 27.3. The fourth-order valence-corrected chi connectivity index (χ4v) is 3.31. The molecule has 0 saturated carbocycles. The number of nitrogens with zero attached hydrogens (tertiary/aromatic N) is 3. The number of hydrogen-bond acceptors (Lipinski definition) is 5. The quantitative estimate of drug-likeness (QED) is 0.165. The van der Waals surface area contributed by atoms with E-state index in [-0.39, 0.29) is 5.75 Å². The van der Waals surface area contributed by atoms with Crippen molar-refractivity contribution in [2.45, 2.75) is 17.7 Å². The number of hydrazone groups is 1. The lowest BCUT2D eigenvalue weighted by atomic mass is 9.84. The van der Waals surface area contributed by atoms with Crippen molar-refractivity contribution in [1.82, 2.24) is 10.4 Å². The maximum Gasteiger partial charge on any atom is 0.422 e. The Hall–Kier alpha value is -4.00. The molecule has 0 bridgehead atoms. The Morgan fingerprint density at radius 2 is 1.65 bits per heavy atom. The predicted molar refractivity (Wildman–Crippen MR) is 121 cm³/mol. The zero-order valence-corrected chi connectivity index (χ0v) is 18.8. The number of aliphatic imine (C=N–C) groups is 1. The van der Waals surface area contributed by atoms with E-state index < -0.39 is 53.7 Å². The van der Waals surface area contributed by atoms with E-state index in [1.807, 2.05) is 0 Å². The molecule has 1 aromatic heterocycles. The third-order valence-electron chi connectivity index (χ3n) is 5.13. The Bertz CT molecular complexity index is 1250. The van der Waals surface area contributed by atoms with Crippen molar-refractivity contribution in [3.8, 4) is 16.9 Å². The summed E-state index contributed by atoms with van der Waals surface area (Å²) in [6.07, 6.45) is -2.61. The summed E-state index contributed by atoms with van der Waals surface area (Å²) in [6, 6.07) is 9.21. The van der Waals surface area contributed by atoms with Gasteiger partial charge in [0.05, 0.1) is 6.54 Å². The van der Waals surface area contributed by atoms with Gasteiger partial charge in [-0.15, -0.1) is 0 Å². The van der Waals surface area contributed by atoms with Crippen LogP contribution in [0.5, 0.6) is 5.75 Å². The molecule has 0 spiro atoms. The molecule has 196 valence electrons. The first-order chi connectivity index (χ1) is 17.4. The smallest absolute Gasteiger partial charge is 0.422 e. The minimum absolute atomic E-state index is 0.0507. The van der Waals surface area contributed by atoms with Gasteiger partial charge in [0.2, 0.25) is 0 Å². The number of rotatable bonds is 10. The van der Waals surface area contributed by atoms with Crippen LogP contribution < -0.4 is 10.2 Å². The number of ether oxygens (including phenoxy) is 1. The van der Waals surface area contributed by atoms with Crippen molar-refractivity contribution in [3.63, 3.8) is 0 Å². The highest BCUT2D eigenvalue weighted by Crippen LogP contribution is 2.46.